The summed E-state index contributed by atoms with van der Waals surface area (Å²) < 4.78 is 5.54. The first-order chi connectivity index (χ1) is 8.66. The Morgan fingerprint density at radius 1 is 1.56 bits per heavy atom. The maximum absolute atomic E-state index is 7.21. The molecule has 6 nitrogen and oxygen atoms in total. The molecule has 0 aliphatic carbocycles. The zero-order chi connectivity index (χ0) is 13.0. The van der Waals surface area contributed by atoms with Crippen molar-refractivity contribution >= 4 is 5.84 Å². The second-order valence-electron chi connectivity index (χ2n) is 4.57. The lowest BCUT2D eigenvalue weighted by Gasteiger charge is -2.18. The van der Waals surface area contributed by atoms with Crippen molar-refractivity contribution in [1.29, 1.82) is 5.41 Å². The Morgan fingerprint density at radius 3 is 2.94 bits per heavy atom. The van der Waals surface area contributed by atoms with Gasteiger partial charge in [-0.3, -0.25) is 5.41 Å². The van der Waals surface area contributed by atoms with E-state index in [0.717, 1.165) is 6.42 Å². The van der Waals surface area contributed by atoms with Gasteiger partial charge in [0.05, 0.1) is 19.0 Å². The van der Waals surface area contributed by atoms with Crippen LogP contribution in [0.5, 0.6) is 5.88 Å². The lowest BCUT2D eigenvalue weighted by atomic mass is 10.1. The van der Waals surface area contributed by atoms with Gasteiger partial charge in [-0.05, 0) is 32.9 Å². The molecule has 2 heterocycles. The molecular formula is C12H19N5O. The van der Waals surface area contributed by atoms with Crippen LogP contribution < -0.4 is 10.5 Å². The summed E-state index contributed by atoms with van der Waals surface area (Å²) in [6.07, 6.45) is 6.49. The van der Waals surface area contributed by atoms with E-state index in [2.05, 4.69) is 21.9 Å². The van der Waals surface area contributed by atoms with Crippen molar-refractivity contribution in [3.8, 4) is 5.88 Å². The molecule has 0 spiro atoms. The first-order valence-electron chi connectivity index (χ1n) is 6.16. The molecule has 1 atom stereocenters. The molecule has 3 N–H and O–H groups in total. The van der Waals surface area contributed by atoms with E-state index >= 15 is 0 Å². The van der Waals surface area contributed by atoms with Crippen molar-refractivity contribution in [1.82, 2.24) is 14.9 Å². The van der Waals surface area contributed by atoms with Crippen LogP contribution in [0.15, 0.2) is 12.4 Å². The van der Waals surface area contributed by atoms with Gasteiger partial charge in [-0.2, -0.15) is 0 Å². The van der Waals surface area contributed by atoms with Crippen molar-refractivity contribution in [3.63, 3.8) is 0 Å². The maximum Gasteiger partial charge on any atom is 0.232 e. The highest BCUT2D eigenvalue weighted by molar-refractivity contribution is 5.92. The third kappa shape index (κ3) is 3.16. The minimum absolute atomic E-state index is 0.0818. The maximum atomic E-state index is 7.21. The zero-order valence-electron chi connectivity index (χ0n) is 10.6. The quantitative estimate of drug-likeness (QED) is 0.590. The highest BCUT2D eigenvalue weighted by Gasteiger charge is 2.20. The van der Waals surface area contributed by atoms with Crippen LogP contribution in [0, 0.1) is 5.41 Å². The summed E-state index contributed by atoms with van der Waals surface area (Å²) in [5, 5.41) is 7.21. The summed E-state index contributed by atoms with van der Waals surface area (Å²) >= 11 is 0. The Labute approximate surface area is 107 Å². The van der Waals surface area contributed by atoms with E-state index in [0.29, 0.717) is 24.2 Å². The van der Waals surface area contributed by atoms with Crippen LogP contribution in [0.1, 0.15) is 25.0 Å². The van der Waals surface area contributed by atoms with Crippen molar-refractivity contribution < 1.29 is 4.74 Å². The van der Waals surface area contributed by atoms with E-state index in [-0.39, 0.29) is 5.84 Å². The molecule has 1 aromatic rings. The number of rotatable bonds is 5. The van der Waals surface area contributed by atoms with Gasteiger partial charge in [-0.1, -0.05) is 0 Å². The van der Waals surface area contributed by atoms with Crippen LogP contribution >= 0.6 is 0 Å². The van der Waals surface area contributed by atoms with E-state index in [1.165, 1.54) is 31.8 Å². The summed E-state index contributed by atoms with van der Waals surface area (Å²) in [5.74, 6) is 0.405. The highest BCUT2D eigenvalue weighted by Crippen LogP contribution is 2.17. The molecule has 0 radical (unpaired) electrons. The molecule has 1 aliphatic heterocycles. The van der Waals surface area contributed by atoms with Crippen molar-refractivity contribution in [2.75, 3.05) is 20.2 Å². The average Bonchev–Trinajstić information content (AvgIpc) is 2.76. The summed E-state index contributed by atoms with van der Waals surface area (Å²) in [6.45, 7) is 1.82. The van der Waals surface area contributed by atoms with Crippen LogP contribution in [0.4, 0.5) is 0 Å². The van der Waals surface area contributed by atoms with Gasteiger partial charge < -0.3 is 15.4 Å². The van der Waals surface area contributed by atoms with Gasteiger partial charge in [-0.25, -0.2) is 9.97 Å². The van der Waals surface area contributed by atoms with E-state index in [9.17, 15) is 0 Å². The van der Waals surface area contributed by atoms with Crippen LogP contribution in [0.3, 0.4) is 0 Å². The van der Waals surface area contributed by atoms with Gasteiger partial charge in [0, 0.05) is 6.04 Å². The Bertz CT molecular complexity index is 405. The molecular weight excluding hydrogens is 230 g/mol. The molecule has 1 saturated heterocycles. The van der Waals surface area contributed by atoms with Gasteiger partial charge in [0.1, 0.15) is 11.5 Å². The summed E-state index contributed by atoms with van der Waals surface area (Å²) in [4.78, 5) is 10.4. The second-order valence-corrected chi connectivity index (χ2v) is 4.57. The average molecular weight is 249 g/mol. The Hall–Kier alpha value is -1.69. The molecule has 1 aromatic heterocycles. The van der Waals surface area contributed by atoms with Gasteiger partial charge in [0.15, 0.2) is 0 Å². The van der Waals surface area contributed by atoms with Crippen LogP contribution in [-0.2, 0) is 0 Å². The molecule has 1 unspecified atom stereocenters. The monoisotopic (exact) mass is 249 g/mol. The van der Waals surface area contributed by atoms with E-state index in [1.807, 2.05) is 0 Å². The van der Waals surface area contributed by atoms with E-state index in [1.54, 1.807) is 0 Å². The number of nitrogens with zero attached hydrogens (tertiary/aromatic N) is 3. The van der Waals surface area contributed by atoms with Crippen molar-refractivity contribution in [3.05, 3.63) is 18.1 Å². The fourth-order valence-corrected chi connectivity index (χ4v) is 2.17. The predicted molar refractivity (Wildman–Crippen MR) is 68.8 cm³/mol. The molecule has 0 saturated carbocycles. The van der Waals surface area contributed by atoms with Gasteiger partial charge >= 0.3 is 0 Å². The van der Waals surface area contributed by atoms with Crippen LogP contribution in [-0.4, -0.2) is 46.9 Å². The first kappa shape index (κ1) is 12.8. The Balaban J connectivity index is 1.78. The number of hydrogen-bond acceptors (Lipinski definition) is 5. The number of hydrogen-bond donors (Lipinski definition) is 2. The number of nitrogens with two attached hydrogens (primary N) is 1. The first-order valence-corrected chi connectivity index (χ1v) is 6.16. The fraction of sp³-hybridized carbons (Fsp3) is 0.583. The number of nitrogen functional groups attached to an aromatic ring is 1. The fourth-order valence-electron chi connectivity index (χ4n) is 2.17. The normalized spacial score (nSPS) is 19.9. The van der Waals surface area contributed by atoms with Crippen LogP contribution in [0.25, 0.3) is 0 Å². The SMILES string of the molecule is CN1CCCC1CCOc1cnc(C(=N)N)cn1. The highest BCUT2D eigenvalue weighted by atomic mass is 16.5. The lowest BCUT2D eigenvalue weighted by molar-refractivity contribution is 0.228. The smallest absolute Gasteiger partial charge is 0.232 e. The number of aromatic nitrogens is 2. The Kier molecular flexibility index (Phi) is 4.09. The van der Waals surface area contributed by atoms with E-state index < -0.39 is 0 Å². The van der Waals surface area contributed by atoms with Gasteiger partial charge in [0.25, 0.3) is 0 Å². The molecule has 0 aromatic carbocycles. The van der Waals surface area contributed by atoms with Gasteiger partial charge in [0.2, 0.25) is 5.88 Å². The summed E-state index contributed by atoms with van der Waals surface area (Å²) in [5.41, 5.74) is 5.67. The molecule has 2 rings (SSSR count). The number of amidine groups is 1. The van der Waals surface area contributed by atoms with E-state index in [4.69, 9.17) is 15.9 Å². The minimum atomic E-state index is -0.0818. The second kappa shape index (κ2) is 5.77. The predicted octanol–water partition coefficient (Wildman–Crippen LogP) is 0.624. The molecule has 98 valence electrons. The van der Waals surface area contributed by atoms with Gasteiger partial charge in [-0.15, -0.1) is 0 Å². The largest absolute Gasteiger partial charge is 0.477 e. The number of likely N-dealkylation sites (tertiary alicyclic amines) is 1. The van der Waals surface area contributed by atoms with Crippen molar-refractivity contribution in [2.24, 2.45) is 5.73 Å². The summed E-state index contributed by atoms with van der Waals surface area (Å²) in [6, 6.07) is 0.620. The zero-order valence-corrected chi connectivity index (χ0v) is 10.6. The topological polar surface area (TPSA) is 88.1 Å². The lowest BCUT2D eigenvalue weighted by Crippen LogP contribution is -2.26. The third-order valence-electron chi connectivity index (χ3n) is 3.28. The standard InChI is InChI=1S/C12H19N5O/c1-17-5-2-3-9(17)4-6-18-11-8-15-10(7-16-11)12(13)14/h7-9H,2-6H2,1H3,(H3,13,14). The molecule has 0 bridgehead atoms. The molecule has 6 heteroatoms. The molecule has 1 aliphatic rings. The molecule has 1 fully saturated rings. The molecule has 18 heavy (non-hydrogen) atoms. The number of nitrogens with one attached hydrogen (secondary N) is 1. The minimum Gasteiger partial charge on any atom is -0.477 e. The third-order valence-corrected chi connectivity index (χ3v) is 3.28. The number of ether oxygens (including phenoxy) is 1. The van der Waals surface area contributed by atoms with Crippen LogP contribution in [0.2, 0.25) is 0 Å². The molecule has 0 amide bonds. The Morgan fingerprint density at radius 2 is 2.39 bits per heavy atom. The summed E-state index contributed by atoms with van der Waals surface area (Å²) in [7, 11) is 2.15. The van der Waals surface area contributed by atoms with Crippen molar-refractivity contribution in [2.45, 2.75) is 25.3 Å².